The number of amides is 2. The van der Waals surface area contributed by atoms with Gasteiger partial charge in [-0.3, -0.25) is 9.59 Å². The number of thioether (sulfide) groups is 1. The van der Waals surface area contributed by atoms with E-state index >= 15 is 0 Å². The van der Waals surface area contributed by atoms with Crippen LogP contribution in [-0.2, 0) is 15.3 Å². The van der Waals surface area contributed by atoms with E-state index in [1.165, 1.54) is 0 Å². The van der Waals surface area contributed by atoms with Gasteiger partial charge in [-0.1, -0.05) is 0 Å². The first-order valence-corrected chi connectivity index (χ1v) is 8.72. The molecule has 1 aromatic heterocycles. The monoisotopic (exact) mass is 313 g/mol. The van der Waals surface area contributed by atoms with Gasteiger partial charge in [0.1, 0.15) is 0 Å². The van der Waals surface area contributed by atoms with Crippen LogP contribution in [0, 0.1) is 6.92 Å². The third-order valence-electron chi connectivity index (χ3n) is 2.99. The average molecular weight is 313 g/mol. The minimum Gasteiger partial charge on any atom is -0.354 e. The van der Waals surface area contributed by atoms with Crippen LogP contribution in [0.15, 0.2) is 5.38 Å². The van der Waals surface area contributed by atoms with E-state index in [2.05, 4.69) is 15.7 Å². The molecule has 1 saturated heterocycles. The SMILES string of the molecule is Cc1nc(CSCCC(=O)N2CCCNC(=O)C2)cs1. The van der Waals surface area contributed by atoms with Crippen molar-refractivity contribution in [2.24, 2.45) is 0 Å². The molecule has 0 aliphatic carbocycles. The Bertz CT molecular complexity index is 476. The van der Waals surface area contributed by atoms with Crippen LogP contribution in [0.4, 0.5) is 0 Å². The van der Waals surface area contributed by atoms with Crippen LogP contribution in [0.25, 0.3) is 0 Å². The second-order valence-electron chi connectivity index (χ2n) is 4.68. The first-order valence-electron chi connectivity index (χ1n) is 6.68. The fourth-order valence-corrected chi connectivity index (χ4v) is 3.53. The number of aryl methyl sites for hydroxylation is 1. The van der Waals surface area contributed by atoms with Gasteiger partial charge < -0.3 is 10.2 Å². The van der Waals surface area contributed by atoms with Crippen LogP contribution in [0.3, 0.4) is 0 Å². The Hall–Kier alpha value is -1.08. The molecule has 0 spiro atoms. The number of hydrogen-bond acceptors (Lipinski definition) is 5. The molecule has 0 atom stereocenters. The Morgan fingerprint density at radius 2 is 2.45 bits per heavy atom. The second-order valence-corrected chi connectivity index (χ2v) is 6.85. The first-order chi connectivity index (χ1) is 9.65. The molecule has 20 heavy (non-hydrogen) atoms. The van der Waals surface area contributed by atoms with E-state index in [1.807, 2.05) is 6.92 Å². The predicted octanol–water partition coefficient (Wildman–Crippen LogP) is 1.42. The fraction of sp³-hybridized carbons (Fsp3) is 0.615. The molecule has 2 rings (SSSR count). The molecule has 1 fully saturated rings. The molecule has 1 aliphatic rings. The number of hydrogen-bond donors (Lipinski definition) is 1. The number of aromatic nitrogens is 1. The summed E-state index contributed by atoms with van der Waals surface area (Å²) in [5.41, 5.74) is 1.08. The van der Waals surface area contributed by atoms with Gasteiger partial charge in [-0.15, -0.1) is 11.3 Å². The lowest BCUT2D eigenvalue weighted by Gasteiger charge is -2.18. The zero-order valence-corrected chi connectivity index (χ0v) is 13.2. The van der Waals surface area contributed by atoms with Gasteiger partial charge in [-0.05, 0) is 13.3 Å². The number of carbonyl (C=O) groups is 2. The smallest absolute Gasteiger partial charge is 0.239 e. The van der Waals surface area contributed by atoms with Gasteiger partial charge in [-0.2, -0.15) is 11.8 Å². The van der Waals surface area contributed by atoms with Crippen LogP contribution < -0.4 is 5.32 Å². The minimum absolute atomic E-state index is 0.0542. The highest BCUT2D eigenvalue weighted by Crippen LogP contribution is 2.16. The van der Waals surface area contributed by atoms with E-state index < -0.39 is 0 Å². The van der Waals surface area contributed by atoms with Crippen molar-refractivity contribution in [3.63, 3.8) is 0 Å². The summed E-state index contributed by atoms with van der Waals surface area (Å²) in [6.07, 6.45) is 1.32. The van der Waals surface area contributed by atoms with Gasteiger partial charge in [0.25, 0.3) is 0 Å². The maximum Gasteiger partial charge on any atom is 0.239 e. The van der Waals surface area contributed by atoms with Crippen molar-refractivity contribution < 1.29 is 9.59 Å². The molecular formula is C13H19N3O2S2. The maximum absolute atomic E-state index is 12.0. The number of rotatable bonds is 5. The summed E-state index contributed by atoms with van der Waals surface area (Å²) in [5.74, 6) is 1.64. The highest BCUT2D eigenvalue weighted by molar-refractivity contribution is 7.98. The fourth-order valence-electron chi connectivity index (χ4n) is 1.99. The normalized spacial score (nSPS) is 15.8. The number of nitrogens with zero attached hydrogens (tertiary/aromatic N) is 2. The van der Waals surface area contributed by atoms with Gasteiger partial charge in [-0.25, -0.2) is 4.98 Å². The van der Waals surface area contributed by atoms with Crippen molar-refractivity contribution in [1.82, 2.24) is 15.2 Å². The average Bonchev–Trinajstić information content (AvgIpc) is 2.70. The molecule has 0 radical (unpaired) electrons. The summed E-state index contributed by atoms with van der Waals surface area (Å²) in [6.45, 7) is 3.54. The van der Waals surface area contributed by atoms with E-state index in [0.29, 0.717) is 19.5 Å². The molecule has 0 bridgehead atoms. The Balaban J connectivity index is 1.67. The standard InChI is InChI=1S/C13H19N3O2S2/c1-10-15-11(9-20-10)8-19-6-3-13(18)16-5-2-4-14-12(17)7-16/h9H,2-8H2,1H3,(H,14,17). The summed E-state index contributed by atoms with van der Waals surface area (Å²) in [4.78, 5) is 29.5. The van der Waals surface area contributed by atoms with Gasteiger partial charge >= 0.3 is 0 Å². The van der Waals surface area contributed by atoms with Crippen molar-refractivity contribution in [1.29, 1.82) is 0 Å². The van der Waals surface area contributed by atoms with Crippen LogP contribution in [0.5, 0.6) is 0 Å². The third-order valence-corrected chi connectivity index (χ3v) is 4.81. The molecule has 0 aromatic carbocycles. The van der Waals surface area contributed by atoms with E-state index in [-0.39, 0.29) is 18.4 Å². The molecule has 0 unspecified atom stereocenters. The molecule has 0 saturated carbocycles. The zero-order valence-electron chi connectivity index (χ0n) is 11.6. The largest absolute Gasteiger partial charge is 0.354 e. The topological polar surface area (TPSA) is 62.3 Å². The molecule has 1 aromatic rings. The lowest BCUT2D eigenvalue weighted by Crippen LogP contribution is -2.37. The first kappa shape index (κ1) is 15.3. The maximum atomic E-state index is 12.0. The van der Waals surface area contributed by atoms with E-state index in [4.69, 9.17) is 0 Å². The Labute approximate surface area is 127 Å². The Morgan fingerprint density at radius 3 is 3.20 bits per heavy atom. The molecule has 2 heterocycles. The quantitative estimate of drug-likeness (QED) is 0.835. The number of thiazole rings is 1. The van der Waals surface area contributed by atoms with Gasteiger partial charge in [0.2, 0.25) is 11.8 Å². The van der Waals surface area contributed by atoms with Crippen molar-refractivity contribution >= 4 is 34.9 Å². The van der Waals surface area contributed by atoms with E-state index in [9.17, 15) is 9.59 Å². The lowest BCUT2D eigenvalue weighted by molar-refractivity contribution is -0.134. The number of nitrogens with one attached hydrogen (secondary N) is 1. The Morgan fingerprint density at radius 1 is 1.60 bits per heavy atom. The van der Waals surface area contributed by atoms with Crippen molar-refractivity contribution in [2.75, 3.05) is 25.4 Å². The lowest BCUT2D eigenvalue weighted by atomic mass is 10.3. The summed E-state index contributed by atoms with van der Waals surface area (Å²) in [5, 5.41) is 5.91. The molecule has 7 heteroatoms. The van der Waals surface area contributed by atoms with Crippen LogP contribution >= 0.6 is 23.1 Å². The summed E-state index contributed by atoms with van der Waals surface area (Å²) >= 11 is 3.36. The molecule has 2 amide bonds. The molecule has 1 aliphatic heterocycles. The predicted molar refractivity (Wildman–Crippen MR) is 81.8 cm³/mol. The van der Waals surface area contributed by atoms with Crippen molar-refractivity contribution in [2.45, 2.75) is 25.5 Å². The molecule has 110 valence electrons. The second kappa shape index (κ2) is 7.64. The Kier molecular flexibility index (Phi) is 5.85. The van der Waals surface area contributed by atoms with E-state index in [1.54, 1.807) is 28.0 Å². The summed E-state index contributed by atoms with van der Waals surface area (Å²) in [6, 6.07) is 0. The van der Waals surface area contributed by atoms with Crippen molar-refractivity contribution in [3.8, 4) is 0 Å². The van der Waals surface area contributed by atoms with Crippen molar-refractivity contribution in [3.05, 3.63) is 16.1 Å². The van der Waals surface area contributed by atoms with Crippen LogP contribution in [0.2, 0.25) is 0 Å². The summed E-state index contributed by atoms with van der Waals surface area (Å²) < 4.78 is 0. The molecule has 1 N–H and O–H groups in total. The highest BCUT2D eigenvalue weighted by Gasteiger charge is 2.19. The zero-order chi connectivity index (χ0) is 14.4. The summed E-state index contributed by atoms with van der Waals surface area (Å²) in [7, 11) is 0. The minimum atomic E-state index is -0.0542. The number of carbonyl (C=O) groups excluding carboxylic acids is 2. The molecular weight excluding hydrogens is 294 g/mol. The molecule has 5 nitrogen and oxygen atoms in total. The van der Waals surface area contributed by atoms with Crippen LogP contribution in [0.1, 0.15) is 23.5 Å². The van der Waals surface area contributed by atoms with Gasteiger partial charge in [0.15, 0.2) is 0 Å². The van der Waals surface area contributed by atoms with Crippen LogP contribution in [-0.4, -0.2) is 47.1 Å². The highest BCUT2D eigenvalue weighted by atomic mass is 32.2. The van der Waals surface area contributed by atoms with E-state index in [0.717, 1.165) is 28.6 Å². The van der Waals surface area contributed by atoms with Gasteiger partial charge in [0.05, 0.1) is 17.2 Å². The van der Waals surface area contributed by atoms with Gasteiger partial charge in [0, 0.05) is 36.4 Å². The third kappa shape index (κ3) is 4.79.